The van der Waals surface area contributed by atoms with Gasteiger partial charge in [-0.1, -0.05) is 18.0 Å². The fraction of sp³-hybridized carbons (Fsp3) is 0.720. The number of nitrogens with two attached hydrogens (primary N) is 1. The van der Waals surface area contributed by atoms with Gasteiger partial charge < -0.3 is 30.5 Å². The second kappa shape index (κ2) is 12.4. The van der Waals surface area contributed by atoms with E-state index in [2.05, 4.69) is 20.1 Å². The molecule has 0 unspecified atom stereocenters. The molecule has 4 aliphatic rings. The molecule has 0 spiro atoms. The first-order valence-corrected chi connectivity index (χ1v) is 13.3. The summed E-state index contributed by atoms with van der Waals surface area (Å²) in [6.45, 7) is 5.26. The third kappa shape index (κ3) is 6.79. The molecule has 2 bridgehead atoms. The van der Waals surface area contributed by atoms with Crippen molar-refractivity contribution in [2.24, 2.45) is 5.92 Å². The lowest BCUT2D eigenvalue weighted by Gasteiger charge is -2.43. The van der Waals surface area contributed by atoms with Crippen LogP contribution in [-0.2, 0) is 9.53 Å². The van der Waals surface area contributed by atoms with Crippen LogP contribution in [0.3, 0.4) is 0 Å². The van der Waals surface area contributed by atoms with E-state index >= 15 is 0 Å². The zero-order valence-electron chi connectivity index (χ0n) is 21.0. The van der Waals surface area contributed by atoms with Gasteiger partial charge in [0.1, 0.15) is 17.5 Å². The fourth-order valence-electron chi connectivity index (χ4n) is 5.47. The normalized spacial score (nSPS) is 28.0. The average molecular weight is 524 g/mol. The SMILES string of the molecule is COc1nc(N)c(Cl)cc1C(=O)N[C@@H]1CCN(CCCCCC(=O)O[C@H]2CN3CCC2CC3)C[C@@H]1O. The number of halogens is 1. The van der Waals surface area contributed by atoms with Crippen LogP contribution in [0, 0.1) is 5.92 Å². The van der Waals surface area contributed by atoms with E-state index in [1.807, 2.05) is 0 Å². The van der Waals surface area contributed by atoms with E-state index in [-0.39, 0.29) is 40.4 Å². The van der Waals surface area contributed by atoms with Crippen LogP contribution in [0.15, 0.2) is 6.07 Å². The fourth-order valence-corrected chi connectivity index (χ4v) is 5.62. The van der Waals surface area contributed by atoms with Crippen LogP contribution in [0.4, 0.5) is 5.82 Å². The number of carbonyl (C=O) groups excluding carboxylic acids is 2. The van der Waals surface area contributed by atoms with E-state index in [0.717, 1.165) is 64.8 Å². The molecule has 3 atom stereocenters. The molecule has 1 aromatic heterocycles. The summed E-state index contributed by atoms with van der Waals surface area (Å²) in [5.41, 5.74) is 5.86. The number of carbonyl (C=O) groups is 2. The first-order chi connectivity index (χ1) is 17.3. The lowest BCUT2D eigenvalue weighted by molar-refractivity contribution is -0.158. The molecule has 1 aromatic rings. The number of likely N-dealkylation sites (tertiary alicyclic amines) is 1. The Hall–Kier alpha value is -2.14. The number of nitrogen functional groups attached to an aromatic ring is 1. The quantitative estimate of drug-likeness (QED) is 0.310. The number of amides is 1. The highest BCUT2D eigenvalue weighted by Crippen LogP contribution is 2.30. The van der Waals surface area contributed by atoms with Gasteiger partial charge in [0, 0.05) is 26.1 Å². The minimum atomic E-state index is -0.692. The molecule has 0 aromatic carbocycles. The summed E-state index contributed by atoms with van der Waals surface area (Å²) in [7, 11) is 1.40. The number of pyridine rings is 1. The number of anilines is 1. The number of nitrogens with one attached hydrogen (secondary N) is 1. The number of methoxy groups -OCH3 is 1. The van der Waals surface area contributed by atoms with Gasteiger partial charge >= 0.3 is 5.97 Å². The minimum Gasteiger partial charge on any atom is -0.480 e. The monoisotopic (exact) mass is 523 g/mol. The first-order valence-electron chi connectivity index (χ1n) is 13.0. The van der Waals surface area contributed by atoms with E-state index in [1.165, 1.54) is 13.2 Å². The van der Waals surface area contributed by atoms with Gasteiger partial charge in [0.05, 0.1) is 24.3 Å². The van der Waals surface area contributed by atoms with E-state index in [0.29, 0.717) is 25.3 Å². The molecular weight excluding hydrogens is 486 g/mol. The van der Waals surface area contributed by atoms with Crippen molar-refractivity contribution in [1.82, 2.24) is 20.1 Å². The molecule has 4 saturated heterocycles. The molecular formula is C25H38ClN5O5. The number of β-amino-alcohol motifs (C(OH)–C–C–N with tert-alkyl or cyclic N) is 1. The van der Waals surface area contributed by atoms with Gasteiger partial charge in [-0.15, -0.1) is 0 Å². The highest BCUT2D eigenvalue weighted by molar-refractivity contribution is 6.33. The van der Waals surface area contributed by atoms with Crippen LogP contribution in [0.5, 0.6) is 5.88 Å². The number of aliphatic hydroxyl groups excluding tert-OH is 1. The van der Waals surface area contributed by atoms with Crippen molar-refractivity contribution in [3.8, 4) is 5.88 Å². The summed E-state index contributed by atoms with van der Waals surface area (Å²) in [6, 6.07) is 1.04. The average Bonchev–Trinajstić information content (AvgIpc) is 2.87. The van der Waals surface area contributed by atoms with Crippen molar-refractivity contribution in [3.05, 3.63) is 16.7 Å². The van der Waals surface area contributed by atoms with Crippen molar-refractivity contribution in [2.45, 2.75) is 63.2 Å². The molecule has 0 saturated carbocycles. The van der Waals surface area contributed by atoms with Crippen LogP contribution < -0.4 is 15.8 Å². The number of hydrogen-bond donors (Lipinski definition) is 3. The Bertz CT molecular complexity index is 926. The predicted octanol–water partition coefficient (Wildman–Crippen LogP) is 1.69. The highest BCUT2D eigenvalue weighted by Gasteiger charge is 2.36. The Balaban J connectivity index is 1.12. The summed E-state index contributed by atoms with van der Waals surface area (Å²) in [6.07, 6.45) is 5.47. The number of esters is 1. The summed E-state index contributed by atoms with van der Waals surface area (Å²) < 4.78 is 10.9. The number of hydrogen-bond acceptors (Lipinski definition) is 9. The maximum Gasteiger partial charge on any atom is 0.306 e. The summed E-state index contributed by atoms with van der Waals surface area (Å²) in [5.74, 6) is 0.235. The van der Waals surface area contributed by atoms with E-state index in [4.69, 9.17) is 26.8 Å². The van der Waals surface area contributed by atoms with Crippen LogP contribution >= 0.6 is 11.6 Å². The van der Waals surface area contributed by atoms with Crippen molar-refractivity contribution in [3.63, 3.8) is 0 Å². The standard InChI is InChI=1S/C25H38ClN5O5/c1-35-25-17(13-18(26)23(27)29-25)24(34)28-19-8-12-30(14-20(19)32)9-4-2-3-5-22(33)36-21-15-31-10-6-16(21)7-11-31/h13,16,19-21,32H,2-12,14-15H2,1H3,(H2,27,29)(H,28,34)/t19-,20+,21+/m1/s1. The van der Waals surface area contributed by atoms with Crippen molar-refractivity contribution in [2.75, 3.05) is 52.1 Å². The number of nitrogens with zero attached hydrogens (tertiary/aromatic N) is 3. The van der Waals surface area contributed by atoms with Gasteiger partial charge in [-0.2, -0.15) is 4.98 Å². The smallest absolute Gasteiger partial charge is 0.306 e. The predicted molar refractivity (Wildman–Crippen MR) is 136 cm³/mol. The maximum absolute atomic E-state index is 12.7. The van der Waals surface area contributed by atoms with E-state index < -0.39 is 12.0 Å². The maximum atomic E-state index is 12.7. The number of rotatable bonds is 10. The van der Waals surface area contributed by atoms with Crippen molar-refractivity contribution < 1.29 is 24.2 Å². The summed E-state index contributed by atoms with van der Waals surface area (Å²) >= 11 is 6.02. The molecule has 0 aliphatic carbocycles. The zero-order valence-corrected chi connectivity index (χ0v) is 21.7. The second-order valence-corrected chi connectivity index (χ2v) is 10.5. The Morgan fingerprint density at radius 3 is 2.64 bits per heavy atom. The molecule has 11 heteroatoms. The number of ether oxygens (including phenoxy) is 2. The molecule has 1 amide bonds. The topological polar surface area (TPSA) is 130 Å². The molecule has 10 nitrogen and oxygen atoms in total. The largest absolute Gasteiger partial charge is 0.480 e. The molecule has 5 heterocycles. The third-order valence-electron chi connectivity index (χ3n) is 7.62. The van der Waals surface area contributed by atoms with Crippen LogP contribution in [0.1, 0.15) is 55.3 Å². The van der Waals surface area contributed by atoms with Gasteiger partial charge in [0.15, 0.2) is 0 Å². The number of unbranched alkanes of at least 4 members (excludes halogenated alkanes) is 2. The number of aliphatic hydroxyl groups is 1. The Morgan fingerprint density at radius 1 is 1.19 bits per heavy atom. The Kier molecular flexibility index (Phi) is 9.27. The van der Waals surface area contributed by atoms with Gasteiger partial charge in [0.2, 0.25) is 5.88 Å². The van der Waals surface area contributed by atoms with Gasteiger partial charge in [0.25, 0.3) is 5.91 Å². The molecule has 4 N–H and O–H groups in total. The van der Waals surface area contributed by atoms with E-state index in [1.54, 1.807) is 0 Å². The third-order valence-corrected chi connectivity index (χ3v) is 7.93. The molecule has 4 fully saturated rings. The van der Waals surface area contributed by atoms with Gasteiger partial charge in [-0.3, -0.25) is 14.5 Å². The molecule has 0 radical (unpaired) electrons. The second-order valence-electron chi connectivity index (χ2n) is 10.1. The zero-order chi connectivity index (χ0) is 25.7. The summed E-state index contributed by atoms with van der Waals surface area (Å²) in [5, 5.41) is 13.7. The van der Waals surface area contributed by atoms with Gasteiger partial charge in [-0.05, 0) is 63.7 Å². The Labute approximate surface area is 217 Å². The van der Waals surface area contributed by atoms with Gasteiger partial charge in [-0.25, -0.2) is 0 Å². The van der Waals surface area contributed by atoms with Crippen LogP contribution in [0.25, 0.3) is 0 Å². The minimum absolute atomic E-state index is 0.0741. The molecule has 200 valence electrons. The Morgan fingerprint density at radius 2 is 1.97 bits per heavy atom. The number of aromatic nitrogens is 1. The number of piperidine rings is 4. The number of fused-ring (bicyclic) bond motifs is 3. The lowest BCUT2D eigenvalue weighted by Crippen LogP contribution is -2.54. The van der Waals surface area contributed by atoms with Crippen molar-refractivity contribution in [1.29, 1.82) is 0 Å². The molecule has 4 aliphatic heterocycles. The summed E-state index contributed by atoms with van der Waals surface area (Å²) in [4.78, 5) is 33.6. The molecule has 36 heavy (non-hydrogen) atoms. The highest BCUT2D eigenvalue weighted by atomic mass is 35.5. The first kappa shape index (κ1) is 26.9. The van der Waals surface area contributed by atoms with Crippen LogP contribution in [-0.4, -0.2) is 96.4 Å². The van der Waals surface area contributed by atoms with Crippen LogP contribution in [0.2, 0.25) is 5.02 Å². The van der Waals surface area contributed by atoms with E-state index in [9.17, 15) is 14.7 Å². The van der Waals surface area contributed by atoms with Crippen molar-refractivity contribution >= 4 is 29.3 Å². The lowest BCUT2D eigenvalue weighted by atomic mass is 9.86. The molecule has 5 rings (SSSR count).